The molecule has 7 nitrogen and oxygen atoms in total. The highest BCUT2D eigenvalue weighted by Gasteiger charge is 2.34. The van der Waals surface area contributed by atoms with Gasteiger partial charge in [0, 0.05) is 19.2 Å². The number of nitrogens with zero attached hydrogens (tertiary/aromatic N) is 2. The second-order valence-corrected chi connectivity index (χ2v) is 4.87. The first kappa shape index (κ1) is 13.2. The van der Waals surface area contributed by atoms with Gasteiger partial charge in [0.15, 0.2) is 0 Å². The number of hydrogen-bond donors (Lipinski definition) is 3. The highest BCUT2D eigenvalue weighted by Crippen LogP contribution is 2.24. The van der Waals surface area contributed by atoms with Gasteiger partial charge >= 0.3 is 12.0 Å². The van der Waals surface area contributed by atoms with Crippen LogP contribution in [0.15, 0.2) is 36.7 Å². The van der Waals surface area contributed by atoms with Gasteiger partial charge in [-0.25, -0.2) is 9.59 Å². The van der Waals surface area contributed by atoms with Crippen LogP contribution in [0.4, 0.5) is 10.5 Å². The van der Waals surface area contributed by atoms with Gasteiger partial charge in [-0.05, 0) is 11.1 Å². The minimum atomic E-state index is -1.01. The van der Waals surface area contributed by atoms with Gasteiger partial charge in [0.2, 0.25) is 0 Å². The van der Waals surface area contributed by atoms with E-state index in [4.69, 9.17) is 0 Å². The molecule has 0 fully saturated rings. The van der Waals surface area contributed by atoms with Crippen molar-refractivity contribution in [3.63, 3.8) is 0 Å². The van der Waals surface area contributed by atoms with Gasteiger partial charge in [0.05, 0.1) is 11.9 Å². The highest BCUT2D eigenvalue weighted by molar-refractivity contribution is 5.92. The summed E-state index contributed by atoms with van der Waals surface area (Å²) < 4.78 is 0. The van der Waals surface area contributed by atoms with Gasteiger partial charge in [-0.1, -0.05) is 24.3 Å². The maximum atomic E-state index is 12.3. The van der Waals surface area contributed by atoms with Crippen molar-refractivity contribution in [2.75, 3.05) is 5.32 Å². The number of H-pyrrole nitrogens is 1. The van der Waals surface area contributed by atoms with Crippen molar-refractivity contribution >= 4 is 17.7 Å². The van der Waals surface area contributed by atoms with Crippen LogP contribution in [0.1, 0.15) is 11.1 Å². The number of rotatable bonds is 2. The fourth-order valence-corrected chi connectivity index (χ4v) is 2.47. The minimum absolute atomic E-state index is 0.275. The molecule has 1 aliphatic rings. The molecular formula is C14H14N4O3. The van der Waals surface area contributed by atoms with Crippen molar-refractivity contribution in [3.8, 4) is 0 Å². The Balaban J connectivity index is 1.85. The largest absolute Gasteiger partial charge is 0.480 e. The van der Waals surface area contributed by atoms with Crippen LogP contribution in [-0.4, -0.2) is 38.2 Å². The Morgan fingerprint density at radius 1 is 1.33 bits per heavy atom. The molecule has 7 heteroatoms. The number of aromatic amines is 1. The fourth-order valence-electron chi connectivity index (χ4n) is 2.47. The standard InChI is InChI=1S/C14H14N4O3/c19-13(20)12-5-9-3-1-2-4-10(9)8-18(12)14(21)17-11-6-15-16-7-11/h1-4,6-7,12H,5,8H2,(H,15,16)(H,17,21)(H,19,20)/t12-/m1/s1. The molecule has 21 heavy (non-hydrogen) atoms. The third-order valence-corrected chi connectivity index (χ3v) is 3.54. The van der Waals surface area contributed by atoms with Crippen molar-refractivity contribution in [1.82, 2.24) is 15.1 Å². The normalized spacial score (nSPS) is 17.1. The number of aliphatic carboxylic acids is 1. The molecule has 3 N–H and O–H groups in total. The van der Waals surface area contributed by atoms with Crippen LogP contribution in [0.2, 0.25) is 0 Å². The summed E-state index contributed by atoms with van der Waals surface area (Å²) >= 11 is 0. The molecular weight excluding hydrogens is 272 g/mol. The summed E-state index contributed by atoms with van der Waals surface area (Å²) in [6.07, 6.45) is 3.31. The average molecular weight is 286 g/mol. The topological polar surface area (TPSA) is 98.3 Å². The van der Waals surface area contributed by atoms with E-state index in [0.29, 0.717) is 12.1 Å². The van der Waals surface area contributed by atoms with Gasteiger partial charge in [0.1, 0.15) is 6.04 Å². The summed E-state index contributed by atoms with van der Waals surface area (Å²) in [5.41, 5.74) is 2.44. The summed E-state index contributed by atoms with van der Waals surface area (Å²) in [5, 5.41) is 18.3. The molecule has 0 spiro atoms. The molecule has 108 valence electrons. The monoisotopic (exact) mass is 286 g/mol. The quantitative estimate of drug-likeness (QED) is 0.778. The number of benzene rings is 1. The molecule has 0 saturated heterocycles. The Kier molecular flexibility index (Phi) is 3.31. The van der Waals surface area contributed by atoms with E-state index in [1.54, 1.807) is 0 Å². The van der Waals surface area contributed by atoms with Gasteiger partial charge in [0.25, 0.3) is 0 Å². The number of aromatic nitrogens is 2. The Morgan fingerprint density at radius 3 is 2.76 bits per heavy atom. The maximum absolute atomic E-state index is 12.3. The molecule has 2 amide bonds. The number of carboxylic acid groups (broad SMARTS) is 1. The Morgan fingerprint density at radius 2 is 2.10 bits per heavy atom. The van der Waals surface area contributed by atoms with Gasteiger partial charge in [-0.3, -0.25) is 5.10 Å². The lowest BCUT2D eigenvalue weighted by atomic mass is 9.94. The summed E-state index contributed by atoms with van der Waals surface area (Å²) in [7, 11) is 0. The van der Waals surface area contributed by atoms with E-state index in [1.807, 2.05) is 24.3 Å². The molecule has 1 aromatic carbocycles. The summed E-state index contributed by atoms with van der Waals surface area (Å²) in [6, 6.07) is 6.25. The first-order chi connectivity index (χ1) is 10.1. The van der Waals surface area contributed by atoms with E-state index in [-0.39, 0.29) is 6.54 Å². The number of amides is 2. The first-order valence-corrected chi connectivity index (χ1v) is 6.51. The summed E-state index contributed by atoms with van der Waals surface area (Å²) in [4.78, 5) is 25.1. The van der Waals surface area contributed by atoms with E-state index in [1.165, 1.54) is 17.3 Å². The maximum Gasteiger partial charge on any atom is 0.326 e. The Hall–Kier alpha value is -2.83. The Labute approximate surface area is 120 Å². The first-order valence-electron chi connectivity index (χ1n) is 6.51. The predicted molar refractivity (Wildman–Crippen MR) is 74.7 cm³/mol. The van der Waals surface area contributed by atoms with Gasteiger partial charge in [-0.15, -0.1) is 0 Å². The molecule has 0 radical (unpaired) electrons. The zero-order chi connectivity index (χ0) is 14.8. The van der Waals surface area contributed by atoms with Crippen LogP contribution in [0, 0.1) is 0 Å². The number of urea groups is 1. The number of anilines is 1. The SMILES string of the molecule is O=C(O)[C@H]1Cc2ccccc2CN1C(=O)Nc1cn[nH]c1. The molecule has 0 saturated carbocycles. The molecule has 1 aliphatic heterocycles. The third-order valence-electron chi connectivity index (χ3n) is 3.54. The number of carboxylic acids is 1. The molecule has 0 bridgehead atoms. The minimum Gasteiger partial charge on any atom is -0.480 e. The fraction of sp³-hybridized carbons (Fsp3) is 0.214. The molecule has 2 aromatic rings. The van der Waals surface area contributed by atoms with Crippen molar-refractivity contribution in [2.24, 2.45) is 0 Å². The number of hydrogen-bond acceptors (Lipinski definition) is 3. The number of nitrogens with one attached hydrogen (secondary N) is 2. The van der Waals surface area contributed by atoms with E-state index < -0.39 is 18.0 Å². The molecule has 1 aromatic heterocycles. The highest BCUT2D eigenvalue weighted by atomic mass is 16.4. The molecule has 2 heterocycles. The average Bonchev–Trinajstić information content (AvgIpc) is 2.98. The lowest BCUT2D eigenvalue weighted by molar-refractivity contribution is -0.142. The van der Waals surface area contributed by atoms with Gasteiger partial charge < -0.3 is 15.3 Å². The lowest BCUT2D eigenvalue weighted by Crippen LogP contribution is -2.50. The number of carbonyl (C=O) groups is 2. The predicted octanol–water partition coefficient (Wildman–Crippen LogP) is 1.45. The van der Waals surface area contributed by atoms with Crippen molar-refractivity contribution < 1.29 is 14.7 Å². The van der Waals surface area contributed by atoms with Crippen molar-refractivity contribution in [1.29, 1.82) is 0 Å². The summed E-state index contributed by atoms with van der Waals surface area (Å²) in [5.74, 6) is -1.01. The van der Waals surface area contributed by atoms with Crippen LogP contribution in [0.3, 0.4) is 0 Å². The van der Waals surface area contributed by atoms with Crippen molar-refractivity contribution in [3.05, 3.63) is 47.8 Å². The molecule has 1 atom stereocenters. The molecule has 0 unspecified atom stereocenters. The van der Waals surface area contributed by atoms with Crippen molar-refractivity contribution in [2.45, 2.75) is 19.0 Å². The Bertz CT molecular complexity index is 669. The molecule has 0 aliphatic carbocycles. The van der Waals surface area contributed by atoms with Gasteiger partial charge in [-0.2, -0.15) is 5.10 Å². The van der Waals surface area contributed by atoms with Crippen LogP contribution in [-0.2, 0) is 17.8 Å². The van der Waals surface area contributed by atoms with E-state index >= 15 is 0 Å². The second-order valence-electron chi connectivity index (χ2n) is 4.87. The lowest BCUT2D eigenvalue weighted by Gasteiger charge is -2.34. The smallest absolute Gasteiger partial charge is 0.326 e. The van der Waals surface area contributed by atoms with Crippen LogP contribution >= 0.6 is 0 Å². The van der Waals surface area contributed by atoms with Crippen LogP contribution < -0.4 is 5.32 Å². The van der Waals surface area contributed by atoms with Crippen LogP contribution in [0.25, 0.3) is 0 Å². The second kappa shape index (κ2) is 5.28. The molecule has 3 rings (SSSR count). The number of carbonyl (C=O) groups excluding carboxylic acids is 1. The van der Waals surface area contributed by atoms with E-state index in [0.717, 1.165) is 11.1 Å². The zero-order valence-electron chi connectivity index (χ0n) is 11.1. The van der Waals surface area contributed by atoms with E-state index in [9.17, 15) is 14.7 Å². The number of fused-ring (bicyclic) bond motifs is 1. The zero-order valence-corrected chi connectivity index (χ0v) is 11.1. The van der Waals surface area contributed by atoms with E-state index in [2.05, 4.69) is 15.5 Å². The van der Waals surface area contributed by atoms with Crippen LogP contribution in [0.5, 0.6) is 0 Å². The third kappa shape index (κ3) is 2.58. The summed E-state index contributed by atoms with van der Waals surface area (Å²) in [6.45, 7) is 0.275.